The van der Waals surface area contributed by atoms with E-state index in [2.05, 4.69) is 15.5 Å². The Kier molecular flexibility index (Phi) is 7.06. The lowest BCUT2D eigenvalue weighted by Crippen LogP contribution is -2.14. The molecule has 0 bridgehead atoms. The number of hydrogen-bond acceptors (Lipinski definition) is 4. The Labute approximate surface area is 204 Å². The summed E-state index contributed by atoms with van der Waals surface area (Å²) in [5.41, 5.74) is 3.47. The Balaban J connectivity index is 1.60. The molecule has 0 spiro atoms. The topological polar surface area (TPSA) is 59.8 Å². The van der Waals surface area contributed by atoms with E-state index in [9.17, 15) is 4.79 Å². The van der Waals surface area contributed by atoms with E-state index in [0.717, 1.165) is 16.8 Å². The van der Waals surface area contributed by atoms with Gasteiger partial charge in [-0.1, -0.05) is 70.3 Å². The van der Waals surface area contributed by atoms with E-state index in [1.165, 1.54) is 11.8 Å². The monoisotopic (exact) mass is 502 g/mol. The van der Waals surface area contributed by atoms with E-state index in [4.69, 9.17) is 34.8 Å². The van der Waals surface area contributed by atoms with Crippen LogP contribution in [-0.2, 0) is 4.79 Å². The van der Waals surface area contributed by atoms with Crippen LogP contribution in [0.15, 0.2) is 71.9 Å². The summed E-state index contributed by atoms with van der Waals surface area (Å²) < 4.78 is 1.92. The lowest BCUT2D eigenvalue weighted by molar-refractivity contribution is -0.113. The zero-order valence-electron chi connectivity index (χ0n) is 16.8. The van der Waals surface area contributed by atoms with Gasteiger partial charge in [-0.2, -0.15) is 0 Å². The van der Waals surface area contributed by atoms with Crippen molar-refractivity contribution in [3.63, 3.8) is 0 Å². The third-order valence-corrected chi connectivity index (χ3v) is 6.45. The fourth-order valence-electron chi connectivity index (χ4n) is 3.06. The summed E-state index contributed by atoms with van der Waals surface area (Å²) in [7, 11) is 0. The molecule has 5 nitrogen and oxygen atoms in total. The van der Waals surface area contributed by atoms with Crippen molar-refractivity contribution in [2.75, 3.05) is 11.1 Å². The highest BCUT2D eigenvalue weighted by molar-refractivity contribution is 7.99. The maximum atomic E-state index is 12.5. The van der Waals surface area contributed by atoms with Gasteiger partial charge in [0.1, 0.15) is 0 Å². The second-order valence-corrected chi connectivity index (χ2v) is 9.15. The Morgan fingerprint density at radius 3 is 2.47 bits per heavy atom. The maximum absolute atomic E-state index is 12.5. The summed E-state index contributed by atoms with van der Waals surface area (Å²) in [4.78, 5) is 12.5. The molecule has 1 heterocycles. The van der Waals surface area contributed by atoms with Gasteiger partial charge >= 0.3 is 0 Å². The van der Waals surface area contributed by atoms with Crippen LogP contribution in [0.25, 0.3) is 17.1 Å². The van der Waals surface area contributed by atoms with Crippen molar-refractivity contribution >= 4 is 58.2 Å². The van der Waals surface area contributed by atoms with Crippen LogP contribution in [0.5, 0.6) is 0 Å². The molecule has 0 fully saturated rings. The first-order valence-corrected chi connectivity index (χ1v) is 11.7. The average Bonchev–Trinajstić information content (AvgIpc) is 3.19. The number of carbonyl (C=O) groups is 1. The molecule has 9 heteroatoms. The van der Waals surface area contributed by atoms with Crippen molar-refractivity contribution in [1.82, 2.24) is 14.8 Å². The van der Waals surface area contributed by atoms with Crippen LogP contribution < -0.4 is 5.32 Å². The van der Waals surface area contributed by atoms with E-state index >= 15 is 0 Å². The van der Waals surface area contributed by atoms with Crippen LogP contribution in [0, 0.1) is 6.92 Å². The standard InChI is InChI=1S/C23H17Cl3N4OS/c1-14-3-2-4-15(11-14)22-28-29-23(30(22)18-8-5-16(24)6-9-18)32-13-21(31)27-17-7-10-19(25)20(26)12-17/h2-12H,13H2,1H3,(H,27,31). The Morgan fingerprint density at radius 2 is 1.75 bits per heavy atom. The van der Waals surface area contributed by atoms with Gasteiger partial charge in [-0.15, -0.1) is 10.2 Å². The molecule has 1 amide bonds. The summed E-state index contributed by atoms with van der Waals surface area (Å²) in [6, 6.07) is 20.4. The largest absolute Gasteiger partial charge is 0.325 e. The number of anilines is 1. The summed E-state index contributed by atoms with van der Waals surface area (Å²) in [6.07, 6.45) is 0. The summed E-state index contributed by atoms with van der Waals surface area (Å²) >= 11 is 19.3. The number of amides is 1. The van der Waals surface area contributed by atoms with E-state index in [1.807, 2.05) is 60.0 Å². The second kappa shape index (κ2) is 9.96. The van der Waals surface area contributed by atoms with Gasteiger partial charge in [0.2, 0.25) is 5.91 Å². The molecule has 0 aliphatic heterocycles. The van der Waals surface area contributed by atoms with E-state index < -0.39 is 0 Å². The third-order valence-electron chi connectivity index (χ3n) is 4.53. The molecule has 0 aliphatic rings. The lowest BCUT2D eigenvalue weighted by atomic mass is 10.1. The smallest absolute Gasteiger partial charge is 0.234 e. The minimum atomic E-state index is -0.198. The average molecular weight is 504 g/mol. The second-order valence-electron chi connectivity index (χ2n) is 6.95. The third kappa shape index (κ3) is 5.27. The number of aromatic nitrogens is 3. The quantitative estimate of drug-likeness (QED) is 0.290. The van der Waals surface area contributed by atoms with Gasteiger partial charge in [0.05, 0.1) is 15.8 Å². The molecule has 4 rings (SSSR count). The molecular formula is C23H17Cl3N4OS. The molecule has 0 saturated heterocycles. The molecule has 0 unspecified atom stereocenters. The van der Waals surface area contributed by atoms with Crippen LogP contribution in [0.2, 0.25) is 15.1 Å². The highest BCUT2D eigenvalue weighted by Gasteiger charge is 2.17. The van der Waals surface area contributed by atoms with E-state index in [-0.39, 0.29) is 11.7 Å². The predicted octanol–water partition coefficient (Wildman–Crippen LogP) is 6.93. The van der Waals surface area contributed by atoms with Crippen molar-refractivity contribution < 1.29 is 4.79 Å². The van der Waals surface area contributed by atoms with Gasteiger partial charge in [-0.05, 0) is 55.5 Å². The first-order chi connectivity index (χ1) is 15.4. The number of hydrogen-bond donors (Lipinski definition) is 1. The number of benzene rings is 3. The highest BCUT2D eigenvalue weighted by atomic mass is 35.5. The molecule has 0 atom stereocenters. The minimum Gasteiger partial charge on any atom is -0.325 e. The molecule has 0 radical (unpaired) electrons. The van der Waals surface area contributed by atoms with Crippen molar-refractivity contribution in [2.45, 2.75) is 12.1 Å². The fraction of sp³-hybridized carbons (Fsp3) is 0.0870. The van der Waals surface area contributed by atoms with Gasteiger partial charge in [-0.3, -0.25) is 9.36 Å². The van der Waals surface area contributed by atoms with Crippen LogP contribution in [0.3, 0.4) is 0 Å². The first kappa shape index (κ1) is 22.7. The molecular weight excluding hydrogens is 487 g/mol. The molecule has 4 aromatic rings. The summed E-state index contributed by atoms with van der Waals surface area (Å²) in [5.74, 6) is 0.624. The highest BCUT2D eigenvalue weighted by Crippen LogP contribution is 2.29. The molecule has 32 heavy (non-hydrogen) atoms. The zero-order chi connectivity index (χ0) is 22.7. The van der Waals surface area contributed by atoms with Crippen molar-refractivity contribution in [3.05, 3.63) is 87.4 Å². The Hall–Kier alpha value is -2.51. The number of aryl methyl sites for hydroxylation is 1. The zero-order valence-corrected chi connectivity index (χ0v) is 19.9. The van der Waals surface area contributed by atoms with Gasteiger partial charge in [-0.25, -0.2) is 0 Å². The number of thioether (sulfide) groups is 1. The SMILES string of the molecule is Cc1cccc(-c2nnc(SCC(=O)Nc3ccc(Cl)c(Cl)c3)n2-c2ccc(Cl)cc2)c1. The minimum absolute atomic E-state index is 0.139. The fourth-order valence-corrected chi connectivity index (χ4v) is 4.23. The first-order valence-electron chi connectivity index (χ1n) is 9.57. The van der Waals surface area contributed by atoms with Crippen molar-refractivity contribution in [1.29, 1.82) is 0 Å². The van der Waals surface area contributed by atoms with Crippen LogP contribution in [0.1, 0.15) is 5.56 Å². The number of halogens is 3. The number of rotatable bonds is 6. The molecule has 1 N–H and O–H groups in total. The van der Waals surface area contributed by atoms with Crippen LogP contribution >= 0.6 is 46.6 Å². The number of nitrogens with one attached hydrogen (secondary N) is 1. The van der Waals surface area contributed by atoms with Crippen LogP contribution in [-0.4, -0.2) is 26.4 Å². The van der Waals surface area contributed by atoms with Crippen molar-refractivity contribution in [2.24, 2.45) is 0 Å². The van der Waals surface area contributed by atoms with Gasteiger partial charge in [0.25, 0.3) is 0 Å². The van der Waals surface area contributed by atoms with Crippen LogP contribution in [0.4, 0.5) is 5.69 Å². The Morgan fingerprint density at radius 1 is 0.969 bits per heavy atom. The number of carbonyl (C=O) groups excluding carboxylic acids is 1. The summed E-state index contributed by atoms with van der Waals surface area (Å²) in [5, 5.41) is 13.6. The lowest BCUT2D eigenvalue weighted by Gasteiger charge is -2.11. The van der Waals surface area contributed by atoms with Gasteiger partial charge in [0, 0.05) is 22.0 Å². The molecule has 0 saturated carbocycles. The molecule has 0 aliphatic carbocycles. The van der Waals surface area contributed by atoms with Crippen molar-refractivity contribution in [3.8, 4) is 17.1 Å². The molecule has 162 valence electrons. The Bertz CT molecular complexity index is 1270. The van der Waals surface area contributed by atoms with E-state index in [1.54, 1.807) is 18.2 Å². The molecule has 1 aromatic heterocycles. The predicted molar refractivity (Wildman–Crippen MR) is 132 cm³/mol. The van der Waals surface area contributed by atoms with Gasteiger partial charge < -0.3 is 5.32 Å². The maximum Gasteiger partial charge on any atom is 0.234 e. The van der Waals surface area contributed by atoms with Gasteiger partial charge in [0.15, 0.2) is 11.0 Å². The normalized spacial score (nSPS) is 10.9. The van der Waals surface area contributed by atoms with E-state index in [0.29, 0.717) is 31.7 Å². The molecule has 3 aromatic carbocycles. The summed E-state index contributed by atoms with van der Waals surface area (Å²) in [6.45, 7) is 2.02. The number of nitrogens with zero attached hydrogens (tertiary/aromatic N) is 3.